The molecule has 2 heterocycles. The first kappa shape index (κ1) is 17.7. The predicted molar refractivity (Wildman–Crippen MR) is 103 cm³/mol. The average Bonchev–Trinajstić information content (AvgIpc) is 3.10. The minimum atomic E-state index is -0.478. The van der Waals surface area contributed by atoms with E-state index in [4.69, 9.17) is 0 Å². The Bertz CT molecular complexity index is 970. The maximum atomic E-state index is 14.1. The fourth-order valence-corrected chi connectivity index (χ4v) is 3.77. The second kappa shape index (κ2) is 7.48. The lowest BCUT2D eigenvalue weighted by atomic mass is 9.90. The number of piperidine rings is 1. The van der Waals surface area contributed by atoms with Crippen molar-refractivity contribution in [1.82, 2.24) is 19.7 Å². The van der Waals surface area contributed by atoms with Gasteiger partial charge in [0.1, 0.15) is 12.1 Å². The average molecular weight is 366 g/mol. The van der Waals surface area contributed by atoms with E-state index in [2.05, 4.69) is 22.5 Å². The van der Waals surface area contributed by atoms with E-state index in [1.54, 1.807) is 25.1 Å². The molecule has 0 bridgehead atoms. The summed E-state index contributed by atoms with van der Waals surface area (Å²) in [5, 5.41) is 7.59. The number of hydrogen-bond acceptors (Lipinski definition) is 3. The monoisotopic (exact) mass is 366 g/mol. The van der Waals surface area contributed by atoms with Crippen LogP contribution in [0.5, 0.6) is 0 Å². The van der Waals surface area contributed by atoms with E-state index >= 15 is 0 Å². The lowest BCUT2D eigenvalue weighted by molar-refractivity contribution is 0.460. The number of rotatable bonds is 4. The van der Waals surface area contributed by atoms with Crippen molar-refractivity contribution in [3.05, 3.63) is 82.3 Å². The second-order valence-electron chi connectivity index (χ2n) is 7.04. The zero-order valence-electron chi connectivity index (χ0n) is 15.3. The van der Waals surface area contributed by atoms with E-state index in [0.29, 0.717) is 11.5 Å². The van der Waals surface area contributed by atoms with Gasteiger partial charge >= 0.3 is 5.69 Å². The van der Waals surface area contributed by atoms with E-state index in [1.165, 1.54) is 27.2 Å². The van der Waals surface area contributed by atoms with Crippen molar-refractivity contribution in [3.63, 3.8) is 0 Å². The van der Waals surface area contributed by atoms with Gasteiger partial charge in [0.05, 0.1) is 11.7 Å². The van der Waals surface area contributed by atoms with Gasteiger partial charge in [-0.1, -0.05) is 30.3 Å². The van der Waals surface area contributed by atoms with E-state index in [0.717, 1.165) is 31.6 Å². The van der Waals surface area contributed by atoms with Crippen LogP contribution in [-0.4, -0.2) is 27.4 Å². The highest BCUT2D eigenvalue weighted by Gasteiger charge is 2.18. The first-order valence-electron chi connectivity index (χ1n) is 9.37. The molecule has 0 saturated carbocycles. The molecule has 0 aliphatic carbocycles. The molecular weight excluding hydrogens is 343 g/mol. The quantitative estimate of drug-likeness (QED) is 0.771. The van der Waals surface area contributed by atoms with Crippen molar-refractivity contribution in [2.24, 2.45) is 0 Å². The molecule has 6 heteroatoms. The van der Waals surface area contributed by atoms with Crippen LogP contribution < -0.4 is 11.0 Å². The lowest BCUT2D eigenvalue weighted by Crippen LogP contribution is -2.27. The summed E-state index contributed by atoms with van der Waals surface area (Å²) in [7, 11) is 0. The first-order valence-corrected chi connectivity index (χ1v) is 9.37. The number of aromatic nitrogens is 3. The van der Waals surface area contributed by atoms with Gasteiger partial charge in [-0.05, 0) is 62.5 Å². The molecule has 2 aromatic carbocycles. The van der Waals surface area contributed by atoms with Crippen molar-refractivity contribution in [2.45, 2.75) is 31.7 Å². The standard InChI is InChI=1S/C21H23FN4O/c1-15(19-4-2-3-5-20(19)22)26-21(27)25(14-24-26)18-8-6-16(7-9-18)17-10-12-23-13-11-17/h2-9,14-15,17,23H,10-13H2,1H3/t15-/m0/s1. The Labute approximate surface area is 157 Å². The topological polar surface area (TPSA) is 51.9 Å². The molecule has 1 N–H and O–H groups in total. The summed E-state index contributed by atoms with van der Waals surface area (Å²) < 4.78 is 16.9. The summed E-state index contributed by atoms with van der Waals surface area (Å²) in [5.41, 5.74) is 2.25. The van der Waals surface area contributed by atoms with Gasteiger partial charge < -0.3 is 5.32 Å². The van der Waals surface area contributed by atoms with Crippen LogP contribution in [-0.2, 0) is 0 Å². The normalized spacial score (nSPS) is 16.4. The van der Waals surface area contributed by atoms with Crippen LogP contribution in [0.1, 0.15) is 42.9 Å². The van der Waals surface area contributed by atoms with Crippen molar-refractivity contribution < 1.29 is 4.39 Å². The summed E-state index contributed by atoms with van der Waals surface area (Å²) in [6, 6.07) is 14.1. The zero-order chi connectivity index (χ0) is 18.8. The van der Waals surface area contributed by atoms with Crippen LogP contribution in [0.2, 0.25) is 0 Å². The predicted octanol–water partition coefficient (Wildman–Crippen LogP) is 3.25. The number of nitrogens with one attached hydrogen (secondary N) is 1. The highest BCUT2D eigenvalue weighted by molar-refractivity contribution is 5.36. The Kier molecular flexibility index (Phi) is 4.90. The van der Waals surface area contributed by atoms with Gasteiger partial charge in [0.25, 0.3) is 0 Å². The van der Waals surface area contributed by atoms with Crippen LogP contribution in [0.4, 0.5) is 4.39 Å². The van der Waals surface area contributed by atoms with Crippen LogP contribution in [0.3, 0.4) is 0 Å². The minimum absolute atomic E-state index is 0.277. The molecule has 1 saturated heterocycles. The molecule has 4 rings (SSSR count). The first-order chi connectivity index (χ1) is 13.1. The third-order valence-corrected chi connectivity index (χ3v) is 5.40. The molecule has 0 amide bonds. The van der Waals surface area contributed by atoms with Gasteiger partial charge in [0.2, 0.25) is 0 Å². The summed E-state index contributed by atoms with van der Waals surface area (Å²) in [6.45, 7) is 3.87. The van der Waals surface area contributed by atoms with Crippen molar-refractivity contribution in [1.29, 1.82) is 0 Å². The SMILES string of the molecule is C[C@@H](c1ccccc1F)n1ncn(-c2ccc(C3CCNCC3)cc2)c1=O. The molecule has 1 aromatic heterocycles. The fraction of sp³-hybridized carbons (Fsp3) is 0.333. The van der Waals surface area contributed by atoms with Crippen LogP contribution >= 0.6 is 0 Å². The largest absolute Gasteiger partial charge is 0.350 e. The van der Waals surface area contributed by atoms with Gasteiger partial charge in [0.15, 0.2) is 0 Å². The molecule has 5 nitrogen and oxygen atoms in total. The summed E-state index contributed by atoms with van der Waals surface area (Å²) >= 11 is 0. The minimum Gasteiger partial charge on any atom is -0.317 e. The Balaban J connectivity index is 1.60. The van der Waals surface area contributed by atoms with Gasteiger partial charge in [-0.2, -0.15) is 5.10 Å². The molecular formula is C21H23FN4O. The summed E-state index contributed by atoms with van der Waals surface area (Å²) in [5.74, 6) is 0.235. The maximum absolute atomic E-state index is 14.1. The molecule has 140 valence electrons. The third kappa shape index (κ3) is 3.45. The Morgan fingerprint density at radius 3 is 2.52 bits per heavy atom. The third-order valence-electron chi connectivity index (χ3n) is 5.40. The molecule has 1 aliphatic heterocycles. The number of hydrogen-bond donors (Lipinski definition) is 1. The molecule has 1 atom stereocenters. The van der Waals surface area contributed by atoms with Gasteiger partial charge in [-0.25, -0.2) is 18.4 Å². The van der Waals surface area contributed by atoms with E-state index in [-0.39, 0.29) is 11.5 Å². The molecule has 0 spiro atoms. The van der Waals surface area contributed by atoms with Gasteiger partial charge in [0, 0.05) is 5.56 Å². The summed E-state index contributed by atoms with van der Waals surface area (Å²) in [6.07, 6.45) is 3.77. The maximum Gasteiger partial charge on any atom is 0.350 e. The van der Waals surface area contributed by atoms with E-state index in [9.17, 15) is 9.18 Å². The van der Waals surface area contributed by atoms with Crippen molar-refractivity contribution in [2.75, 3.05) is 13.1 Å². The molecule has 3 aromatic rings. The molecule has 0 unspecified atom stereocenters. The van der Waals surface area contributed by atoms with Crippen LogP contribution in [0.25, 0.3) is 5.69 Å². The molecule has 1 fully saturated rings. The highest BCUT2D eigenvalue weighted by Crippen LogP contribution is 2.26. The fourth-order valence-electron chi connectivity index (χ4n) is 3.77. The lowest BCUT2D eigenvalue weighted by Gasteiger charge is -2.23. The number of nitrogens with zero attached hydrogens (tertiary/aromatic N) is 3. The van der Waals surface area contributed by atoms with Crippen LogP contribution in [0, 0.1) is 5.82 Å². The Morgan fingerprint density at radius 2 is 1.81 bits per heavy atom. The number of halogens is 1. The van der Waals surface area contributed by atoms with Crippen molar-refractivity contribution >= 4 is 0 Å². The second-order valence-corrected chi connectivity index (χ2v) is 7.04. The highest BCUT2D eigenvalue weighted by atomic mass is 19.1. The van der Waals surface area contributed by atoms with E-state index < -0.39 is 6.04 Å². The molecule has 27 heavy (non-hydrogen) atoms. The zero-order valence-corrected chi connectivity index (χ0v) is 15.3. The summed E-state index contributed by atoms with van der Waals surface area (Å²) in [4.78, 5) is 12.8. The van der Waals surface area contributed by atoms with Gasteiger partial charge in [-0.3, -0.25) is 0 Å². The number of benzene rings is 2. The van der Waals surface area contributed by atoms with E-state index in [1.807, 2.05) is 12.1 Å². The Morgan fingerprint density at radius 1 is 1.11 bits per heavy atom. The smallest absolute Gasteiger partial charge is 0.317 e. The molecule has 0 radical (unpaired) electrons. The molecule has 1 aliphatic rings. The van der Waals surface area contributed by atoms with Crippen LogP contribution in [0.15, 0.2) is 59.7 Å². The van der Waals surface area contributed by atoms with Crippen molar-refractivity contribution in [3.8, 4) is 5.69 Å². The van der Waals surface area contributed by atoms with Gasteiger partial charge in [-0.15, -0.1) is 0 Å². The Hall–Kier alpha value is -2.73.